The summed E-state index contributed by atoms with van der Waals surface area (Å²) in [7, 11) is -3.79. The largest absolute Gasteiger partial charge is 0.478 e. The van der Waals surface area contributed by atoms with E-state index in [0.717, 1.165) is 11.3 Å². The second-order valence-corrected chi connectivity index (χ2v) is 6.67. The summed E-state index contributed by atoms with van der Waals surface area (Å²) < 4.78 is 27.1. The molecule has 3 aromatic rings. The van der Waals surface area contributed by atoms with Gasteiger partial charge < -0.3 is 5.11 Å². The number of anilines is 1. The van der Waals surface area contributed by atoms with Crippen LogP contribution in [0.2, 0.25) is 0 Å². The third-order valence-electron chi connectivity index (χ3n) is 3.36. The minimum atomic E-state index is -3.79. The lowest BCUT2D eigenvalue weighted by Gasteiger charge is -2.09. The molecule has 0 amide bonds. The fraction of sp³-hybridized carbons (Fsp3) is 0. The van der Waals surface area contributed by atoms with Crippen LogP contribution in [-0.4, -0.2) is 29.7 Å². The van der Waals surface area contributed by atoms with Gasteiger partial charge in [0, 0.05) is 11.9 Å². The van der Waals surface area contributed by atoms with Crippen molar-refractivity contribution in [1.29, 1.82) is 0 Å². The van der Waals surface area contributed by atoms with Gasteiger partial charge in [0.1, 0.15) is 0 Å². The van der Waals surface area contributed by atoms with Crippen molar-refractivity contribution < 1.29 is 18.3 Å². The lowest BCUT2D eigenvalue weighted by atomic mass is 10.1. The molecular formula is C16H13N3O4S. The molecule has 0 saturated carbocycles. The predicted molar refractivity (Wildman–Crippen MR) is 88.2 cm³/mol. The van der Waals surface area contributed by atoms with Crippen LogP contribution in [0, 0.1) is 0 Å². The van der Waals surface area contributed by atoms with Crippen molar-refractivity contribution in [3.8, 4) is 11.3 Å². The van der Waals surface area contributed by atoms with Gasteiger partial charge in [-0.15, -0.1) is 0 Å². The number of nitrogens with zero attached hydrogens (tertiary/aromatic N) is 1. The number of hydrogen-bond acceptors (Lipinski definition) is 4. The standard InChI is InChI=1S/C16H13N3O4S/c20-16(21)12-3-7-14(8-4-12)24(22,23)19-13-5-1-11(2-6-13)15-9-10-17-18-15/h1-10,19H,(H,17,18)(H,20,21). The van der Waals surface area contributed by atoms with E-state index in [4.69, 9.17) is 5.11 Å². The molecule has 2 aromatic carbocycles. The first-order chi connectivity index (χ1) is 11.5. The number of benzene rings is 2. The maximum atomic E-state index is 12.3. The van der Waals surface area contributed by atoms with Crippen molar-refractivity contribution in [2.75, 3.05) is 4.72 Å². The first-order valence-corrected chi connectivity index (χ1v) is 8.40. The molecule has 24 heavy (non-hydrogen) atoms. The van der Waals surface area contributed by atoms with Gasteiger partial charge in [-0.25, -0.2) is 13.2 Å². The first-order valence-electron chi connectivity index (χ1n) is 6.92. The monoisotopic (exact) mass is 343 g/mol. The summed E-state index contributed by atoms with van der Waals surface area (Å²) in [6.07, 6.45) is 1.63. The number of H-pyrrole nitrogens is 1. The molecule has 0 spiro atoms. The fourth-order valence-electron chi connectivity index (χ4n) is 2.13. The molecule has 0 atom stereocenters. The van der Waals surface area contributed by atoms with Gasteiger partial charge in [-0.2, -0.15) is 5.10 Å². The Bertz CT molecular complexity index is 948. The van der Waals surface area contributed by atoms with Crippen LogP contribution < -0.4 is 4.72 Å². The van der Waals surface area contributed by atoms with Crippen LogP contribution in [0.1, 0.15) is 10.4 Å². The second kappa shape index (κ2) is 6.17. The van der Waals surface area contributed by atoms with E-state index >= 15 is 0 Å². The van der Waals surface area contributed by atoms with Crippen molar-refractivity contribution in [3.63, 3.8) is 0 Å². The lowest BCUT2D eigenvalue weighted by Crippen LogP contribution is -2.13. The van der Waals surface area contributed by atoms with Gasteiger partial charge in [-0.1, -0.05) is 12.1 Å². The molecule has 0 fully saturated rings. The molecule has 0 bridgehead atoms. The number of aromatic nitrogens is 2. The molecule has 0 aliphatic carbocycles. The molecule has 1 aromatic heterocycles. The predicted octanol–water partition coefficient (Wildman–Crippen LogP) is 2.58. The number of aromatic amines is 1. The summed E-state index contributed by atoms with van der Waals surface area (Å²) >= 11 is 0. The molecule has 0 unspecified atom stereocenters. The zero-order valence-electron chi connectivity index (χ0n) is 12.3. The van der Waals surface area contributed by atoms with Crippen molar-refractivity contribution in [2.24, 2.45) is 0 Å². The van der Waals surface area contributed by atoms with Crippen LogP contribution in [0.3, 0.4) is 0 Å². The molecule has 1 heterocycles. The van der Waals surface area contributed by atoms with Crippen molar-refractivity contribution in [3.05, 3.63) is 66.4 Å². The average molecular weight is 343 g/mol. The Balaban J connectivity index is 1.80. The molecule has 3 rings (SSSR count). The number of carboxylic acid groups (broad SMARTS) is 1. The van der Waals surface area contributed by atoms with Gasteiger partial charge in [0.25, 0.3) is 10.0 Å². The highest BCUT2D eigenvalue weighted by Gasteiger charge is 2.15. The highest BCUT2D eigenvalue weighted by Crippen LogP contribution is 2.21. The minimum Gasteiger partial charge on any atom is -0.478 e. The Hall–Kier alpha value is -3.13. The van der Waals surface area contributed by atoms with Crippen LogP contribution in [0.5, 0.6) is 0 Å². The quantitative estimate of drug-likeness (QED) is 0.659. The van der Waals surface area contributed by atoms with Crippen molar-refractivity contribution in [1.82, 2.24) is 10.2 Å². The van der Waals surface area contributed by atoms with Gasteiger partial charge >= 0.3 is 5.97 Å². The summed E-state index contributed by atoms with van der Waals surface area (Å²) in [4.78, 5) is 10.8. The Kier molecular flexibility index (Phi) is 4.05. The Morgan fingerprint density at radius 2 is 1.67 bits per heavy atom. The van der Waals surface area contributed by atoms with Gasteiger partial charge in [0.2, 0.25) is 0 Å². The van der Waals surface area contributed by atoms with Crippen LogP contribution in [0.15, 0.2) is 65.7 Å². The Morgan fingerprint density at radius 1 is 1.00 bits per heavy atom. The minimum absolute atomic E-state index is 0.00913. The fourth-order valence-corrected chi connectivity index (χ4v) is 3.18. The van der Waals surface area contributed by atoms with Gasteiger partial charge in [0.15, 0.2) is 0 Å². The smallest absolute Gasteiger partial charge is 0.335 e. The summed E-state index contributed by atoms with van der Waals surface area (Å²) in [6, 6.07) is 13.6. The van der Waals surface area contributed by atoms with Crippen LogP contribution in [-0.2, 0) is 10.0 Å². The molecule has 0 saturated heterocycles. The molecular weight excluding hydrogens is 330 g/mol. The van der Waals surface area contributed by atoms with Crippen LogP contribution in [0.4, 0.5) is 5.69 Å². The normalized spacial score (nSPS) is 11.2. The average Bonchev–Trinajstić information content (AvgIpc) is 3.10. The third-order valence-corrected chi connectivity index (χ3v) is 4.76. The van der Waals surface area contributed by atoms with E-state index in [1.165, 1.54) is 24.3 Å². The number of hydrogen-bond donors (Lipinski definition) is 3. The zero-order chi connectivity index (χ0) is 17.2. The molecule has 7 nitrogen and oxygen atoms in total. The summed E-state index contributed by atoms with van der Waals surface area (Å²) in [5.74, 6) is -1.11. The topological polar surface area (TPSA) is 112 Å². The molecule has 0 aliphatic heterocycles. The first kappa shape index (κ1) is 15.8. The molecule has 3 N–H and O–H groups in total. The van der Waals surface area contributed by atoms with E-state index in [9.17, 15) is 13.2 Å². The van der Waals surface area contributed by atoms with E-state index < -0.39 is 16.0 Å². The number of aromatic carboxylic acids is 1. The van der Waals surface area contributed by atoms with E-state index in [0.29, 0.717) is 5.69 Å². The summed E-state index contributed by atoms with van der Waals surface area (Å²) in [6.45, 7) is 0. The molecule has 122 valence electrons. The number of sulfonamides is 1. The SMILES string of the molecule is O=C(O)c1ccc(S(=O)(=O)Nc2ccc(-c3ccn[nH]3)cc2)cc1. The lowest BCUT2D eigenvalue weighted by molar-refractivity contribution is 0.0696. The number of nitrogens with one attached hydrogen (secondary N) is 2. The van der Waals surface area contributed by atoms with E-state index in [2.05, 4.69) is 14.9 Å². The summed E-state index contributed by atoms with van der Waals surface area (Å²) in [5, 5.41) is 15.5. The van der Waals surface area contributed by atoms with Crippen LogP contribution >= 0.6 is 0 Å². The number of carbonyl (C=O) groups is 1. The molecule has 8 heteroatoms. The second-order valence-electron chi connectivity index (χ2n) is 4.98. The number of rotatable bonds is 5. The van der Waals surface area contributed by atoms with Gasteiger partial charge in [0.05, 0.1) is 16.2 Å². The Morgan fingerprint density at radius 3 is 2.21 bits per heavy atom. The maximum Gasteiger partial charge on any atom is 0.335 e. The van der Waals surface area contributed by atoms with Crippen LogP contribution in [0.25, 0.3) is 11.3 Å². The zero-order valence-corrected chi connectivity index (χ0v) is 13.1. The van der Waals surface area contributed by atoms with Gasteiger partial charge in [-0.3, -0.25) is 9.82 Å². The maximum absolute atomic E-state index is 12.3. The third kappa shape index (κ3) is 3.28. The summed E-state index contributed by atoms with van der Waals surface area (Å²) in [5.41, 5.74) is 2.13. The molecule has 0 aliphatic rings. The van der Waals surface area contributed by atoms with E-state index in [1.807, 2.05) is 6.07 Å². The Labute approximate surface area is 138 Å². The highest BCUT2D eigenvalue weighted by atomic mass is 32.2. The van der Waals surface area contributed by atoms with E-state index in [-0.39, 0.29) is 10.5 Å². The van der Waals surface area contributed by atoms with E-state index in [1.54, 1.807) is 30.5 Å². The van der Waals surface area contributed by atoms with Gasteiger partial charge in [-0.05, 0) is 48.0 Å². The number of carboxylic acids is 1. The van der Waals surface area contributed by atoms with Crippen molar-refractivity contribution in [2.45, 2.75) is 4.90 Å². The molecule has 0 radical (unpaired) electrons. The van der Waals surface area contributed by atoms with Crippen molar-refractivity contribution >= 4 is 21.7 Å². The highest BCUT2D eigenvalue weighted by molar-refractivity contribution is 7.92.